The van der Waals surface area contributed by atoms with Gasteiger partial charge in [0, 0.05) is 26.2 Å². The maximum Gasteiger partial charge on any atom is 0 e. The molecule has 3 aromatic rings. The molecule has 0 atom stereocenters. The molecule has 0 N–H and O–H groups in total. The van der Waals surface area contributed by atoms with Crippen LogP contribution in [0.15, 0.2) is 72.8 Å². The third kappa shape index (κ3) is 5.82. The Balaban J connectivity index is 0.00000128. The van der Waals surface area contributed by atoms with E-state index in [0.29, 0.717) is 0 Å². The fourth-order valence-corrected chi connectivity index (χ4v) is 5.04. The number of hydrogen-bond donors (Lipinski definition) is 0. The first-order chi connectivity index (χ1) is 14.8. The molecule has 2 aliphatic rings. The number of allylic oxidation sites excluding steroid dienone is 2. The van der Waals surface area contributed by atoms with E-state index < -0.39 is 0 Å². The summed E-state index contributed by atoms with van der Waals surface area (Å²) in [4.78, 5) is 0. The van der Waals surface area contributed by atoms with Crippen molar-refractivity contribution in [1.29, 1.82) is 0 Å². The van der Waals surface area contributed by atoms with E-state index in [2.05, 4.69) is 85.8 Å². The number of unbranched alkanes of at least 4 members (excludes halogenated alkanes) is 4. The summed E-state index contributed by atoms with van der Waals surface area (Å²) < 4.78 is 0. The molecule has 3 aromatic carbocycles. The van der Waals surface area contributed by atoms with Gasteiger partial charge in [-0.05, 0) is 81.8 Å². The van der Waals surface area contributed by atoms with Gasteiger partial charge >= 0.3 is 0 Å². The molecule has 0 aromatic heterocycles. The maximum absolute atomic E-state index is 2.51. The van der Waals surface area contributed by atoms with E-state index in [1.807, 2.05) is 0 Å². The zero-order valence-electron chi connectivity index (χ0n) is 19.3. The Labute approximate surface area is 230 Å². The Morgan fingerprint density at radius 2 is 1.67 bits per heavy atom. The van der Waals surface area contributed by atoms with Crippen LogP contribution in [0.2, 0.25) is 0 Å². The van der Waals surface area contributed by atoms with Crippen LogP contribution in [0.5, 0.6) is 0 Å². The second-order valence-electron chi connectivity index (χ2n) is 8.65. The minimum Gasteiger partial charge on any atom is -0.147 e. The predicted molar refractivity (Wildman–Crippen MR) is 144 cm³/mol. The minimum atomic E-state index is 0. The van der Waals surface area contributed by atoms with Crippen LogP contribution in [0.3, 0.4) is 0 Å². The molecule has 0 radical (unpaired) electrons. The maximum atomic E-state index is 2.51. The smallest absolute Gasteiger partial charge is 0 e. The quantitative estimate of drug-likeness (QED) is 0.200. The van der Waals surface area contributed by atoms with E-state index in [1.165, 1.54) is 75.8 Å². The second kappa shape index (κ2) is 12.9. The van der Waals surface area contributed by atoms with Crippen LogP contribution in [0, 0.1) is 0 Å². The molecule has 0 saturated heterocycles. The standard InChI is InChI=1S/C30H30.2ClH.Zr/c1-2-3-4-5-6-14-27(29-17-10-13-22-12-9-16-26(22)29)25-19-18-24-20-23-11-7-8-15-28(23)30(24)21-25;;;/h7-15,17-19,21H,2-6,16,20H2,1H3;2*1H;/b27-14+;;;. The zero-order chi connectivity index (χ0) is 20.3. The van der Waals surface area contributed by atoms with Gasteiger partial charge in [-0.15, -0.1) is 24.8 Å². The first-order valence-electron chi connectivity index (χ1n) is 11.6. The van der Waals surface area contributed by atoms with E-state index in [1.54, 1.807) is 0 Å². The summed E-state index contributed by atoms with van der Waals surface area (Å²) >= 11 is 0. The molecule has 5 rings (SSSR count). The van der Waals surface area contributed by atoms with Gasteiger partial charge in [0.15, 0.2) is 0 Å². The summed E-state index contributed by atoms with van der Waals surface area (Å²) in [5, 5.41) is 0. The van der Waals surface area contributed by atoms with Gasteiger partial charge in [0.05, 0.1) is 0 Å². The van der Waals surface area contributed by atoms with Gasteiger partial charge in [-0.1, -0.05) is 99.0 Å². The third-order valence-corrected chi connectivity index (χ3v) is 6.64. The molecular formula is C30H32Cl2Zr. The van der Waals surface area contributed by atoms with Crippen molar-refractivity contribution in [2.24, 2.45) is 0 Å². The Morgan fingerprint density at radius 1 is 0.848 bits per heavy atom. The molecule has 0 spiro atoms. The summed E-state index contributed by atoms with van der Waals surface area (Å²) in [5.74, 6) is 0. The number of rotatable bonds is 7. The van der Waals surface area contributed by atoms with E-state index >= 15 is 0 Å². The molecule has 2 aliphatic carbocycles. The first kappa shape index (κ1) is 27.8. The molecule has 0 fully saturated rings. The van der Waals surface area contributed by atoms with Gasteiger partial charge in [-0.3, -0.25) is 0 Å². The average molecular weight is 555 g/mol. The number of fused-ring (bicyclic) bond motifs is 4. The summed E-state index contributed by atoms with van der Waals surface area (Å²) in [6.07, 6.45) is 15.6. The van der Waals surface area contributed by atoms with E-state index in [4.69, 9.17) is 0 Å². The first-order valence-corrected chi connectivity index (χ1v) is 11.6. The van der Waals surface area contributed by atoms with Gasteiger partial charge in [0.1, 0.15) is 0 Å². The molecule has 3 heteroatoms. The molecule has 0 saturated carbocycles. The van der Waals surface area contributed by atoms with Crippen molar-refractivity contribution in [1.82, 2.24) is 0 Å². The molecule has 0 unspecified atom stereocenters. The fourth-order valence-electron chi connectivity index (χ4n) is 5.04. The molecule has 170 valence electrons. The van der Waals surface area contributed by atoms with Crippen LogP contribution in [0.25, 0.3) is 22.8 Å². The molecule has 33 heavy (non-hydrogen) atoms. The second-order valence-corrected chi connectivity index (χ2v) is 8.65. The zero-order valence-corrected chi connectivity index (χ0v) is 23.4. The van der Waals surface area contributed by atoms with Crippen LogP contribution in [0.1, 0.15) is 72.4 Å². The summed E-state index contributed by atoms with van der Waals surface area (Å²) in [5.41, 5.74) is 12.8. The third-order valence-electron chi connectivity index (χ3n) is 6.64. The summed E-state index contributed by atoms with van der Waals surface area (Å²) in [6.45, 7) is 2.28. The van der Waals surface area contributed by atoms with Crippen LogP contribution < -0.4 is 0 Å². The number of halogens is 2. The number of benzene rings is 3. The van der Waals surface area contributed by atoms with Crippen molar-refractivity contribution in [3.8, 4) is 11.1 Å². The van der Waals surface area contributed by atoms with Crippen LogP contribution >= 0.6 is 24.8 Å². The predicted octanol–water partition coefficient (Wildman–Crippen LogP) is 9.07. The van der Waals surface area contributed by atoms with Gasteiger partial charge in [0.2, 0.25) is 0 Å². The molecule has 0 nitrogen and oxygen atoms in total. The Morgan fingerprint density at radius 3 is 2.52 bits per heavy atom. The van der Waals surface area contributed by atoms with Crippen LogP contribution in [-0.2, 0) is 39.0 Å². The van der Waals surface area contributed by atoms with Crippen LogP contribution in [0.4, 0.5) is 0 Å². The fraction of sp³-hybridized carbons (Fsp3) is 0.267. The molecule has 0 heterocycles. The monoisotopic (exact) mass is 552 g/mol. The number of hydrogen-bond acceptors (Lipinski definition) is 0. The molecule has 0 aliphatic heterocycles. The van der Waals surface area contributed by atoms with Crippen LogP contribution in [-0.4, -0.2) is 0 Å². The summed E-state index contributed by atoms with van der Waals surface area (Å²) in [7, 11) is 0. The normalized spacial score (nSPS) is 12.7. The van der Waals surface area contributed by atoms with Crippen molar-refractivity contribution < 1.29 is 26.2 Å². The van der Waals surface area contributed by atoms with Crippen molar-refractivity contribution in [3.63, 3.8) is 0 Å². The average Bonchev–Trinajstić information content (AvgIpc) is 3.40. The largest absolute Gasteiger partial charge is 0.147 e. The molecule has 0 amide bonds. The van der Waals surface area contributed by atoms with E-state index in [0.717, 1.165) is 19.3 Å². The van der Waals surface area contributed by atoms with E-state index in [9.17, 15) is 0 Å². The van der Waals surface area contributed by atoms with Gasteiger partial charge in [0.25, 0.3) is 0 Å². The van der Waals surface area contributed by atoms with Crippen molar-refractivity contribution in [2.45, 2.75) is 51.9 Å². The minimum absolute atomic E-state index is 0. The van der Waals surface area contributed by atoms with Crippen molar-refractivity contribution in [3.05, 3.63) is 106 Å². The summed E-state index contributed by atoms with van der Waals surface area (Å²) in [6, 6.07) is 22.8. The molecular weight excluding hydrogens is 522 g/mol. The molecule has 0 bridgehead atoms. The van der Waals surface area contributed by atoms with Gasteiger partial charge < -0.3 is 0 Å². The van der Waals surface area contributed by atoms with Crippen molar-refractivity contribution >= 4 is 36.5 Å². The Hall–Kier alpha value is -1.40. The van der Waals surface area contributed by atoms with Gasteiger partial charge in [-0.2, -0.15) is 0 Å². The Bertz CT molecular complexity index is 1140. The Kier molecular flexibility index (Phi) is 10.9. The van der Waals surface area contributed by atoms with E-state index in [-0.39, 0.29) is 51.0 Å². The topological polar surface area (TPSA) is 0 Å². The SMILES string of the molecule is CCCCCC/C=C(\c1ccc2c(c1)-c1ccccc1C2)c1cccc2c1CC=C2.Cl.Cl.[Zr]. The van der Waals surface area contributed by atoms with Crippen molar-refractivity contribution in [2.75, 3.05) is 0 Å². The van der Waals surface area contributed by atoms with Gasteiger partial charge in [-0.25, -0.2) is 0 Å².